The number of pyridine rings is 3. The number of aromatic amines is 7. The number of rotatable bonds is 16. The number of likely N-dealkylation sites (tertiary alicyclic amines) is 3. The highest BCUT2D eigenvalue weighted by Gasteiger charge is 2.44. The number of ether oxygens (including phenoxy) is 1. The first-order valence-corrected chi connectivity index (χ1v) is 44.3. The average Bonchev–Trinajstić information content (AvgIpc) is 1.58. The third kappa shape index (κ3) is 16.2. The number of carbonyl (C=O) groups is 4. The summed E-state index contributed by atoms with van der Waals surface area (Å²) < 4.78 is 5.24. The van der Waals surface area contributed by atoms with E-state index in [4.69, 9.17) is 24.8 Å². The number of hydrogen-bond donors (Lipinski definition) is 10. The largest absolute Gasteiger partial charge is 0.394 e. The van der Waals surface area contributed by atoms with Gasteiger partial charge >= 0.3 is 0 Å². The van der Waals surface area contributed by atoms with Gasteiger partial charge in [0.2, 0.25) is 5.78 Å². The number of nitrogens with zero attached hydrogens (tertiary/aromatic N) is 16. The summed E-state index contributed by atoms with van der Waals surface area (Å²) in [5, 5.41) is 74.0. The van der Waals surface area contributed by atoms with Crippen LogP contribution in [0, 0.1) is 33.6 Å². The molecule has 3 aliphatic carbocycles. The van der Waals surface area contributed by atoms with Crippen molar-refractivity contribution in [2.24, 2.45) is 11.0 Å². The highest BCUT2D eigenvalue weighted by Crippen LogP contribution is 2.45. The highest BCUT2D eigenvalue weighted by molar-refractivity contribution is 6.41. The number of H-pyrrole nitrogens is 7. The molecule has 650 valence electrons. The molecule has 10 N–H and O–H groups in total. The quantitative estimate of drug-likeness (QED) is 0.0244. The van der Waals surface area contributed by atoms with E-state index in [-0.39, 0.29) is 61.3 Å². The Balaban J connectivity index is 0.000000117. The molecule has 13 aromatic rings. The number of carbonyl (C=O) groups excluding carboxylic acids is 4. The van der Waals surface area contributed by atoms with E-state index in [0.29, 0.717) is 34.9 Å². The molecule has 31 nitrogen and oxygen atoms in total. The van der Waals surface area contributed by atoms with Crippen molar-refractivity contribution in [2.45, 2.75) is 175 Å². The van der Waals surface area contributed by atoms with Crippen LogP contribution in [0.25, 0.3) is 99.2 Å². The van der Waals surface area contributed by atoms with Gasteiger partial charge in [-0.15, -0.1) is 6.58 Å². The molecule has 3 saturated heterocycles. The van der Waals surface area contributed by atoms with Gasteiger partial charge in [0.25, 0.3) is 17.7 Å². The summed E-state index contributed by atoms with van der Waals surface area (Å²) in [5.74, 6) is -0.315. The Labute approximate surface area is 725 Å². The number of dihydropyridines is 1. The number of amides is 3. The number of hydrogen-bond acceptors (Lipinski definition) is 21. The van der Waals surface area contributed by atoms with E-state index in [1.807, 2.05) is 124 Å². The molecular weight excluding hydrogens is 1580 g/mol. The van der Waals surface area contributed by atoms with E-state index >= 15 is 0 Å². The fraction of sp³-hybridized carbons (Fsp3) is 0.436. The third-order valence-corrected chi connectivity index (χ3v) is 26.1. The van der Waals surface area contributed by atoms with Gasteiger partial charge in [-0.05, 0) is 240 Å². The second-order valence-electron chi connectivity index (χ2n) is 34.8. The van der Waals surface area contributed by atoms with E-state index < -0.39 is 0 Å². The van der Waals surface area contributed by atoms with Gasteiger partial charge in [-0.25, -0.2) is 15.0 Å². The number of fused-ring (bicyclic) bond motifs is 15. The Morgan fingerprint density at radius 1 is 0.512 bits per heavy atom. The van der Waals surface area contributed by atoms with E-state index in [1.165, 1.54) is 39.8 Å². The number of Topliss-reactive ketones (excluding diaryl/α,β-unsaturated/α-hetero) is 1. The Hall–Kier alpha value is -12.5. The molecule has 0 spiro atoms. The lowest BCUT2D eigenvalue weighted by molar-refractivity contribution is -0.130. The lowest BCUT2D eigenvalue weighted by Crippen LogP contribution is -2.61. The Morgan fingerprint density at radius 3 is 1.36 bits per heavy atom. The normalized spacial score (nSPS) is 18.5. The molecule has 3 aromatic carbocycles. The number of likely N-dealkylation sites (N-methyl/N-ethyl adjacent to an activating group) is 2. The summed E-state index contributed by atoms with van der Waals surface area (Å²) in [5.41, 5.74) is 31.7. The molecule has 3 unspecified atom stereocenters. The molecule has 10 aromatic heterocycles. The minimum absolute atomic E-state index is 0.00597. The van der Waals surface area contributed by atoms with Crippen molar-refractivity contribution < 1.29 is 29.0 Å². The van der Waals surface area contributed by atoms with Gasteiger partial charge in [0.05, 0.1) is 106 Å². The summed E-state index contributed by atoms with van der Waals surface area (Å²) in [6.45, 7) is 22.9. The SMILES string of the molecule is C=CC1NN=C(C(=O)N2CC(N(C)C)C2)C1C1=CNC(c2cn[nH]c2C)C=C1C.CCC.Cc1[nH]ncc1-c1nc2ccc3[nH]nc(C(=O)COCCO)c3c2c2c1CCCC2.Cc1[nH]ncc1-c1nc2ccc3[nH]nc(C(=O)N4CCCC4)c3c2c2c1CCCC2.Cc1[nH]ncc1-c1nc2ccc3[nH]nc(C(=O)N4CC[C@H](N(C)C)C4)c3c2c2c1CCCC2. The molecule has 21 rings (SSSR count). The first-order chi connectivity index (χ1) is 60.7. The minimum atomic E-state index is -0.207. The van der Waals surface area contributed by atoms with Crippen LogP contribution in [-0.4, -0.2) is 251 Å². The van der Waals surface area contributed by atoms with E-state index in [0.717, 1.165) is 274 Å². The second-order valence-corrected chi connectivity index (χ2v) is 34.8. The van der Waals surface area contributed by atoms with Crippen molar-refractivity contribution in [2.75, 3.05) is 87.3 Å². The van der Waals surface area contributed by atoms with Gasteiger partial charge in [0.15, 0.2) is 11.4 Å². The molecule has 0 saturated carbocycles. The van der Waals surface area contributed by atoms with Gasteiger partial charge in [-0.3, -0.25) is 54.9 Å². The van der Waals surface area contributed by atoms with Gasteiger partial charge in [-0.1, -0.05) is 32.4 Å². The van der Waals surface area contributed by atoms with Crippen molar-refractivity contribution >= 4 is 94.6 Å². The molecule has 15 heterocycles. The molecule has 8 aliphatic rings. The molecule has 125 heavy (non-hydrogen) atoms. The maximum Gasteiger partial charge on any atom is 0.275 e. The summed E-state index contributed by atoms with van der Waals surface area (Å²) >= 11 is 0. The van der Waals surface area contributed by atoms with Gasteiger partial charge in [0.1, 0.15) is 18.0 Å². The lowest BCUT2D eigenvalue weighted by Gasteiger charge is -2.43. The molecule has 3 fully saturated rings. The van der Waals surface area contributed by atoms with Crippen molar-refractivity contribution in [1.82, 2.24) is 122 Å². The predicted octanol–water partition coefficient (Wildman–Crippen LogP) is 12.8. The van der Waals surface area contributed by atoms with E-state index in [9.17, 15) is 19.2 Å². The van der Waals surface area contributed by atoms with Crippen molar-refractivity contribution in [3.63, 3.8) is 0 Å². The van der Waals surface area contributed by atoms with Crippen LogP contribution >= 0.6 is 0 Å². The standard InChI is InChI=1S/C25H29N7O.C23H24N6O.C22H23N5O3.C21H29N7O.C3H8/c1-14-18(12-26-28-14)23-17-7-5-4-6-16(17)21-19(27-23)8-9-20-22(21)24(30-29-20)25(33)32-11-10-15(13-32)31(2)3;1-13-16(12-24-26-13)21-15-7-3-2-6-14(15)19-17(25-21)8-9-18-20(19)22(28-27-18)23(30)29-10-4-5-11-29;1-12-15(10-23-25-12)21-14-5-3-2-4-13(14)19-16(24-21)6-7-17-20(19)22(27-26-17)18(29)11-30-9-8-28;1-6-17-19(20(26-25-17)21(29)28-10-14(11-28)27(4)5)15-8-22-18(7-12(15)2)16-9-23-24-13(16)3;1-3-2/h8-9,12,15H,4-7,10-11,13H2,1-3H3,(H,26,28)(H,29,30);8-9,12H,2-7,10-11H2,1H3,(H,24,26)(H,27,28);6-7,10,28H,2-5,8-9,11H2,1H3,(H,23,25)(H,26,27);6-9,14,17-19,22,25H,1,10-11H2,2-5H3,(H,23,24);3H2,1-2H3/t15-;;;;/m0..../s1. The highest BCUT2D eigenvalue weighted by atomic mass is 16.5. The van der Waals surface area contributed by atoms with Crippen LogP contribution in [-0.2, 0) is 48.1 Å². The van der Waals surface area contributed by atoms with Crippen molar-refractivity contribution in [3.8, 4) is 33.8 Å². The number of allylic oxidation sites excluding steroid dienone is 1. The number of aryl methyl sites for hydroxylation is 7. The van der Waals surface area contributed by atoms with Gasteiger partial charge in [0, 0.05) is 135 Å². The predicted molar refractivity (Wildman–Crippen MR) is 486 cm³/mol. The van der Waals surface area contributed by atoms with Crippen LogP contribution in [0.15, 0.2) is 102 Å². The first kappa shape index (κ1) is 84.8. The zero-order valence-electron chi connectivity index (χ0n) is 73.4. The fourth-order valence-corrected chi connectivity index (χ4v) is 19.4. The van der Waals surface area contributed by atoms with Crippen LogP contribution in [0.5, 0.6) is 0 Å². The third-order valence-electron chi connectivity index (χ3n) is 26.1. The fourth-order valence-electron chi connectivity index (χ4n) is 19.4. The number of aliphatic hydroxyl groups excluding tert-OH is 1. The van der Waals surface area contributed by atoms with Crippen LogP contribution in [0.3, 0.4) is 0 Å². The van der Waals surface area contributed by atoms with Crippen LogP contribution in [0.1, 0.15) is 184 Å². The molecule has 5 aliphatic heterocycles. The second kappa shape index (κ2) is 36.4. The number of aromatic nitrogens is 17. The average molecular weight is 1690 g/mol. The molecule has 3 amide bonds. The topological polar surface area (TPSA) is 390 Å². The number of ketones is 1. The summed E-state index contributed by atoms with van der Waals surface area (Å²) in [6, 6.07) is 12.8. The Bertz CT molecular complexity index is 6370. The lowest BCUT2D eigenvalue weighted by atomic mass is 9.82. The zero-order valence-corrected chi connectivity index (χ0v) is 73.4. The first-order valence-electron chi connectivity index (χ1n) is 44.3. The number of nitrogens with one attached hydrogen (secondary N) is 9. The smallest absolute Gasteiger partial charge is 0.275 e. The monoisotopic (exact) mass is 1690 g/mol. The van der Waals surface area contributed by atoms with Crippen molar-refractivity contribution in [3.05, 3.63) is 176 Å². The molecule has 31 heteroatoms. The maximum atomic E-state index is 13.6. The van der Waals surface area contributed by atoms with E-state index in [1.54, 1.807) is 0 Å². The summed E-state index contributed by atoms with van der Waals surface area (Å²) in [6.07, 6.45) is 30.5. The number of aliphatic hydroxyl groups is 1. The zero-order chi connectivity index (χ0) is 87.0. The van der Waals surface area contributed by atoms with Gasteiger partial charge < -0.3 is 45.1 Å². The minimum Gasteiger partial charge on any atom is -0.394 e. The van der Waals surface area contributed by atoms with Crippen LogP contribution in [0.2, 0.25) is 0 Å². The summed E-state index contributed by atoms with van der Waals surface area (Å²) in [7, 11) is 8.24. The number of hydrazone groups is 1. The molecule has 0 bridgehead atoms. The molecule has 4 atom stereocenters. The summed E-state index contributed by atoms with van der Waals surface area (Å²) in [4.78, 5) is 78.1. The van der Waals surface area contributed by atoms with Crippen molar-refractivity contribution in [1.29, 1.82) is 0 Å². The van der Waals surface area contributed by atoms with Crippen LogP contribution < -0.4 is 10.7 Å². The Morgan fingerprint density at radius 2 is 0.944 bits per heavy atom. The van der Waals surface area contributed by atoms with Crippen LogP contribution in [0.4, 0.5) is 0 Å². The molecule has 0 radical (unpaired) electrons. The van der Waals surface area contributed by atoms with E-state index in [2.05, 4.69) is 151 Å². The Kier molecular flexibility index (Phi) is 24.7. The van der Waals surface area contributed by atoms with Gasteiger partial charge in [-0.2, -0.15) is 40.8 Å². The molecular formula is C94H113N25O6. The number of benzene rings is 3. The maximum absolute atomic E-state index is 13.6.